The molecule has 1 aromatic heterocycles. The standard InChI is InChI=1S/C9H6FN3O3.Na/c10-5-1-3-6(4-2-5)16-8-7(9(14)15)11-13-12-8;/h1-4H,(H,14,15)(H,11,12,13);/q;+1/p-1. The molecular weight excluding hydrogens is 240 g/mol. The molecule has 1 N–H and O–H groups in total. The topological polar surface area (TPSA) is 90.9 Å². The number of hydrogen-bond donors (Lipinski definition) is 1. The third kappa shape index (κ3) is 3.26. The number of carboxylic acids is 1. The van der Waals surface area contributed by atoms with Gasteiger partial charge in [-0.15, -0.1) is 5.10 Å². The van der Waals surface area contributed by atoms with Crippen LogP contribution in [-0.2, 0) is 0 Å². The van der Waals surface area contributed by atoms with Gasteiger partial charge in [0, 0.05) is 0 Å². The zero-order valence-electron chi connectivity index (χ0n) is 8.81. The molecule has 1 heterocycles. The van der Waals surface area contributed by atoms with Crippen molar-refractivity contribution in [3.63, 3.8) is 0 Å². The van der Waals surface area contributed by atoms with Gasteiger partial charge in [0.05, 0.1) is 5.97 Å². The van der Waals surface area contributed by atoms with Crippen molar-refractivity contribution in [3.8, 4) is 11.6 Å². The van der Waals surface area contributed by atoms with Crippen LogP contribution in [0.25, 0.3) is 0 Å². The number of hydrogen-bond acceptors (Lipinski definition) is 5. The van der Waals surface area contributed by atoms with Crippen molar-refractivity contribution in [2.45, 2.75) is 0 Å². The van der Waals surface area contributed by atoms with E-state index >= 15 is 0 Å². The van der Waals surface area contributed by atoms with Gasteiger partial charge in [-0.25, -0.2) is 9.49 Å². The molecule has 0 saturated heterocycles. The van der Waals surface area contributed by atoms with Crippen LogP contribution in [0.4, 0.5) is 4.39 Å². The van der Waals surface area contributed by atoms with Crippen LogP contribution in [0.1, 0.15) is 10.5 Å². The Morgan fingerprint density at radius 2 is 2.00 bits per heavy atom. The molecule has 6 nitrogen and oxygen atoms in total. The number of carbonyl (C=O) groups is 1. The Labute approximate surface area is 117 Å². The molecule has 8 heteroatoms. The van der Waals surface area contributed by atoms with E-state index < -0.39 is 17.5 Å². The molecule has 0 aliphatic heterocycles. The van der Waals surface area contributed by atoms with Gasteiger partial charge in [-0.1, -0.05) is 5.21 Å². The summed E-state index contributed by atoms with van der Waals surface area (Å²) >= 11 is 0. The molecular formula is C9H5FN3NaO3. The summed E-state index contributed by atoms with van der Waals surface area (Å²) < 4.78 is 17.7. The smallest absolute Gasteiger partial charge is 0.543 e. The van der Waals surface area contributed by atoms with Gasteiger partial charge in [-0.05, 0) is 24.3 Å². The number of ether oxygens (including phenoxy) is 1. The SMILES string of the molecule is O=C([O-])c1nn[nH]c1Oc1ccc(F)cc1.[Na+]. The van der Waals surface area contributed by atoms with Crippen molar-refractivity contribution in [3.05, 3.63) is 35.8 Å². The van der Waals surface area contributed by atoms with E-state index in [1.807, 2.05) is 0 Å². The molecule has 0 radical (unpaired) electrons. The van der Waals surface area contributed by atoms with Crippen molar-refractivity contribution >= 4 is 5.97 Å². The van der Waals surface area contributed by atoms with E-state index in [0.29, 0.717) is 0 Å². The number of carbonyl (C=O) groups excluding carboxylic acids is 1. The Hall–Kier alpha value is -1.44. The zero-order chi connectivity index (χ0) is 11.5. The molecule has 1 aromatic carbocycles. The van der Waals surface area contributed by atoms with E-state index in [2.05, 4.69) is 15.4 Å². The number of aromatic nitrogens is 3. The van der Waals surface area contributed by atoms with Gasteiger partial charge in [0.2, 0.25) is 5.88 Å². The molecule has 0 bridgehead atoms. The molecule has 17 heavy (non-hydrogen) atoms. The summed E-state index contributed by atoms with van der Waals surface area (Å²) in [5.41, 5.74) is -0.440. The zero-order valence-corrected chi connectivity index (χ0v) is 10.8. The minimum atomic E-state index is -1.51. The Balaban J connectivity index is 0.00000144. The normalized spacial score (nSPS) is 9.47. The number of rotatable bonds is 3. The van der Waals surface area contributed by atoms with Crippen LogP contribution in [0.5, 0.6) is 11.6 Å². The van der Waals surface area contributed by atoms with Gasteiger partial charge in [0.25, 0.3) is 0 Å². The predicted octanol–water partition coefficient (Wildman–Crippen LogP) is -2.90. The maximum Gasteiger partial charge on any atom is 1.00 e. The summed E-state index contributed by atoms with van der Waals surface area (Å²) in [6, 6.07) is 5.04. The Kier molecular flexibility index (Phi) is 4.62. The van der Waals surface area contributed by atoms with Gasteiger partial charge in [-0.3, -0.25) is 0 Å². The molecule has 0 fully saturated rings. The molecule has 0 spiro atoms. The van der Waals surface area contributed by atoms with Crippen molar-refractivity contribution < 1.29 is 48.6 Å². The number of benzene rings is 1. The molecule has 0 aliphatic carbocycles. The molecule has 2 rings (SSSR count). The quantitative estimate of drug-likeness (QED) is 0.586. The second-order valence-corrected chi connectivity index (χ2v) is 2.83. The monoisotopic (exact) mass is 245 g/mol. The second-order valence-electron chi connectivity index (χ2n) is 2.83. The number of halogens is 1. The van der Waals surface area contributed by atoms with Crippen molar-refractivity contribution in [1.29, 1.82) is 0 Å². The molecule has 0 amide bonds. The van der Waals surface area contributed by atoms with Crippen LogP contribution in [0.2, 0.25) is 0 Å². The van der Waals surface area contributed by atoms with Crippen LogP contribution in [-0.4, -0.2) is 21.4 Å². The number of aromatic carboxylic acids is 1. The average molecular weight is 245 g/mol. The minimum absolute atomic E-state index is 0. The van der Waals surface area contributed by atoms with E-state index in [-0.39, 0.29) is 41.2 Å². The van der Waals surface area contributed by atoms with Gasteiger partial charge < -0.3 is 14.6 Å². The van der Waals surface area contributed by atoms with E-state index in [9.17, 15) is 14.3 Å². The maximum atomic E-state index is 12.6. The van der Waals surface area contributed by atoms with Gasteiger partial charge in [-0.2, -0.15) is 0 Å². The molecule has 0 atom stereocenters. The fraction of sp³-hybridized carbons (Fsp3) is 0. The van der Waals surface area contributed by atoms with Gasteiger partial charge in [0.1, 0.15) is 11.6 Å². The van der Waals surface area contributed by atoms with Crippen molar-refractivity contribution in [1.82, 2.24) is 15.4 Å². The molecule has 2 aromatic rings. The summed E-state index contributed by atoms with van der Waals surface area (Å²) in [6.07, 6.45) is 0. The maximum absolute atomic E-state index is 12.6. The van der Waals surface area contributed by atoms with Crippen molar-refractivity contribution in [2.75, 3.05) is 0 Å². The first-order valence-electron chi connectivity index (χ1n) is 4.22. The van der Waals surface area contributed by atoms with Crippen molar-refractivity contribution in [2.24, 2.45) is 0 Å². The first-order chi connectivity index (χ1) is 7.66. The molecule has 0 aliphatic rings. The Morgan fingerprint density at radius 1 is 1.35 bits per heavy atom. The fourth-order valence-corrected chi connectivity index (χ4v) is 1.04. The summed E-state index contributed by atoms with van der Waals surface area (Å²) in [5, 5.41) is 19.3. The van der Waals surface area contributed by atoms with E-state index in [1.54, 1.807) is 0 Å². The van der Waals surface area contributed by atoms with Crippen LogP contribution in [0, 0.1) is 5.82 Å². The van der Waals surface area contributed by atoms with E-state index in [4.69, 9.17) is 4.74 Å². The van der Waals surface area contributed by atoms with Crippen LogP contribution in [0.15, 0.2) is 24.3 Å². The number of carboxylic acid groups (broad SMARTS) is 1. The Bertz CT molecular complexity index is 514. The third-order valence-electron chi connectivity index (χ3n) is 1.74. The van der Waals surface area contributed by atoms with E-state index in [1.165, 1.54) is 24.3 Å². The second kappa shape index (κ2) is 5.76. The largest absolute Gasteiger partial charge is 1.00 e. The summed E-state index contributed by atoms with van der Waals surface area (Å²) in [4.78, 5) is 10.6. The number of aromatic amines is 1. The third-order valence-corrected chi connectivity index (χ3v) is 1.74. The molecule has 0 saturated carbocycles. The first kappa shape index (κ1) is 13.6. The number of nitrogens with zero attached hydrogens (tertiary/aromatic N) is 2. The van der Waals surface area contributed by atoms with Crippen LogP contribution in [0.3, 0.4) is 0 Å². The number of H-pyrrole nitrogens is 1. The van der Waals surface area contributed by atoms with Crippen LogP contribution >= 0.6 is 0 Å². The van der Waals surface area contributed by atoms with Gasteiger partial charge >= 0.3 is 29.6 Å². The first-order valence-corrected chi connectivity index (χ1v) is 4.22. The molecule has 82 valence electrons. The molecule has 0 unspecified atom stereocenters. The minimum Gasteiger partial charge on any atom is -0.543 e. The summed E-state index contributed by atoms with van der Waals surface area (Å²) in [5.74, 6) is -1.83. The van der Waals surface area contributed by atoms with Gasteiger partial charge in [0.15, 0.2) is 5.69 Å². The summed E-state index contributed by atoms with van der Waals surface area (Å²) in [7, 11) is 0. The average Bonchev–Trinajstić information content (AvgIpc) is 2.69. The number of nitrogens with one attached hydrogen (secondary N) is 1. The van der Waals surface area contributed by atoms with E-state index in [0.717, 1.165) is 0 Å². The fourth-order valence-electron chi connectivity index (χ4n) is 1.04. The Morgan fingerprint density at radius 3 is 2.59 bits per heavy atom. The predicted molar refractivity (Wildman–Crippen MR) is 47.2 cm³/mol. The van der Waals surface area contributed by atoms with Crippen LogP contribution < -0.4 is 39.4 Å². The summed E-state index contributed by atoms with van der Waals surface area (Å²) in [6.45, 7) is 0.